The Morgan fingerprint density at radius 1 is 1.45 bits per heavy atom. The maximum Gasteiger partial charge on any atom is 0.222 e. The van der Waals surface area contributed by atoms with Gasteiger partial charge in [-0.1, -0.05) is 0 Å². The summed E-state index contributed by atoms with van der Waals surface area (Å²) in [6.45, 7) is 6.48. The molecule has 0 spiro atoms. The van der Waals surface area contributed by atoms with Gasteiger partial charge in [-0.2, -0.15) is 0 Å². The van der Waals surface area contributed by atoms with Crippen molar-refractivity contribution in [1.29, 1.82) is 0 Å². The number of carbonyl (C=O) groups excluding carboxylic acids is 1. The number of nitrogens with one attached hydrogen (secondary N) is 1. The maximum atomic E-state index is 11.9. The van der Waals surface area contributed by atoms with Crippen LogP contribution in [0.1, 0.15) is 35.2 Å². The summed E-state index contributed by atoms with van der Waals surface area (Å²) in [7, 11) is 0. The lowest BCUT2D eigenvalue weighted by molar-refractivity contribution is -0.121. The molecule has 1 atom stereocenters. The number of hydrogen-bond donors (Lipinski definition) is 1. The van der Waals surface area contributed by atoms with E-state index in [0.717, 1.165) is 22.3 Å². The largest absolute Gasteiger partial charge is 0.356 e. The second-order valence-electron chi connectivity index (χ2n) is 4.75. The van der Waals surface area contributed by atoms with Crippen molar-refractivity contribution >= 4 is 17.2 Å². The molecule has 0 aromatic carbocycles. The number of hydrogen-bond acceptors (Lipinski definition) is 5. The maximum absolute atomic E-state index is 11.9. The molecule has 20 heavy (non-hydrogen) atoms. The number of rotatable bonds is 6. The molecule has 0 saturated carbocycles. The molecule has 1 N–H and O–H groups in total. The van der Waals surface area contributed by atoms with Crippen molar-refractivity contribution < 1.29 is 4.79 Å². The highest BCUT2D eigenvalue weighted by atomic mass is 32.1. The van der Waals surface area contributed by atoms with Crippen LogP contribution in [0.2, 0.25) is 0 Å². The summed E-state index contributed by atoms with van der Waals surface area (Å²) in [6.07, 6.45) is 4.83. The van der Waals surface area contributed by atoms with E-state index in [2.05, 4.69) is 20.5 Å². The molecule has 108 valence electrons. The van der Waals surface area contributed by atoms with Gasteiger partial charge in [-0.3, -0.25) is 4.79 Å². The molecule has 7 heteroatoms. The third-order valence-corrected chi connectivity index (χ3v) is 3.95. The topological polar surface area (TPSA) is 72.7 Å². The van der Waals surface area contributed by atoms with E-state index in [1.807, 2.05) is 31.5 Å². The van der Waals surface area contributed by atoms with E-state index in [9.17, 15) is 4.79 Å². The molecule has 0 aliphatic rings. The monoisotopic (exact) mass is 293 g/mol. The van der Waals surface area contributed by atoms with Crippen molar-refractivity contribution in [3.05, 3.63) is 28.2 Å². The standard InChI is InChI=1S/C13H19N5OS/c1-9(18-7-6-14-10(18)2)8-12(19)15-5-4-13-17-16-11(3)20-13/h6-7,9H,4-5,8H2,1-3H3,(H,15,19)/t9-/m0/s1. The average Bonchev–Trinajstić information content (AvgIpc) is 2.98. The van der Waals surface area contributed by atoms with Crippen LogP contribution < -0.4 is 5.32 Å². The molecule has 0 fully saturated rings. The highest BCUT2D eigenvalue weighted by Crippen LogP contribution is 2.12. The van der Waals surface area contributed by atoms with Crippen LogP contribution >= 0.6 is 11.3 Å². The van der Waals surface area contributed by atoms with E-state index in [-0.39, 0.29) is 11.9 Å². The highest BCUT2D eigenvalue weighted by Gasteiger charge is 2.12. The predicted octanol–water partition coefficient (Wildman–Crippen LogP) is 1.66. The van der Waals surface area contributed by atoms with Gasteiger partial charge in [0.1, 0.15) is 15.8 Å². The first-order valence-electron chi connectivity index (χ1n) is 6.61. The van der Waals surface area contributed by atoms with Crippen LogP contribution in [0.15, 0.2) is 12.4 Å². The SMILES string of the molecule is Cc1nnc(CCNC(=O)C[C@H](C)n2ccnc2C)s1. The first-order valence-corrected chi connectivity index (χ1v) is 7.43. The van der Waals surface area contributed by atoms with Gasteiger partial charge in [-0.15, -0.1) is 21.5 Å². The molecule has 0 bridgehead atoms. The fourth-order valence-corrected chi connectivity index (χ4v) is 2.75. The van der Waals surface area contributed by atoms with E-state index in [1.54, 1.807) is 17.5 Å². The molecule has 2 heterocycles. The van der Waals surface area contributed by atoms with Crippen LogP contribution in [-0.4, -0.2) is 32.2 Å². The van der Waals surface area contributed by atoms with Crippen LogP contribution in [0.4, 0.5) is 0 Å². The second-order valence-corrected chi connectivity index (χ2v) is 6.02. The fraction of sp³-hybridized carbons (Fsp3) is 0.538. The first-order chi connectivity index (χ1) is 9.56. The predicted molar refractivity (Wildman–Crippen MR) is 77.7 cm³/mol. The van der Waals surface area contributed by atoms with E-state index in [1.165, 1.54) is 0 Å². The summed E-state index contributed by atoms with van der Waals surface area (Å²) in [5, 5.41) is 12.8. The Kier molecular flexibility index (Phi) is 4.84. The molecule has 0 aliphatic heterocycles. The number of nitrogens with zero attached hydrogens (tertiary/aromatic N) is 4. The summed E-state index contributed by atoms with van der Waals surface area (Å²) in [4.78, 5) is 16.0. The van der Waals surface area contributed by atoms with Crippen molar-refractivity contribution in [3.8, 4) is 0 Å². The minimum absolute atomic E-state index is 0.0480. The molecule has 0 radical (unpaired) electrons. The zero-order chi connectivity index (χ0) is 14.5. The van der Waals surface area contributed by atoms with E-state index in [0.29, 0.717) is 13.0 Å². The third kappa shape index (κ3) is 3.86. The molecule has 2 rings (SSSR count). The third-order valence-electron chi connectivity index (χ3n) is 3.05. The number of imidazole rings is 1. The van der Waals surface area contributed by atoms with Crippen LogP contribution in [-0.2, 0) is 11.2 Å². The smallest absolute Gasteiger partial charge is 0.222 e. The second kappa shape index (κ2) is 6.60. The Hall–Kier alpha value is -1.76. The molecule has 0 aliphatic carbocycles. The summed E-state index contributed by atoms with van der Waals surface area (Å²) >= 11 is 1.57. The quantitative estimate of drug-likeness (QED) is 0.879. The summed E-state index contributed by atoms with van der Waals surface area (Å²) in [5.74, 6) is 0.974. The van der Waals surface area contributed by atoms with Crippen molar-refractivity contribution in [2.24, 2.45) is 0 Å². The van der Waals surface area contributed by atoms with Crippen molar-refractivity contribution in [2.75, 3.05) is 6.54 Å². The van der Waals surface area contributed by atoms with Crippen LogP contribution in [0, 0.1) is 13.8 Å². The zero-order valence-electron chi connectivity index (χ0n) is 12.0. The number of aromatic nitrogens is 4. The minimum atomic E-state index is 0.0480. The Balaban J connectivity index is 1.74. The lowest BCUT2D eigenvalue weighted by Gasteiger charge is -2.14. The first kappa shape index (κ1) is 14.6. The van der Waals surface area contributed by atoms with Gasteiger partial charge in [0.25, 0.3) is 0 Å². The lowest BCUT2D eigenvalue weighted by Crippen LogP contribution is -2.27. The Bertz CT molecular complexity index is 577. The normalized spacial score (nSPS) is 12.3. The molecule has 6 nitrogen and oxygen atoms in total. The highest BCUT2D eigenvalue weighted by molar-refractivity contribution is 7.11. The molecule has 1 amide bonds. The van der Waals surface area contributed by atoms with Crippen LogP contribution in [0.25, 0.3) is 0 Å². The van der Waals surface area contributed by atoms with Gasteiger partial charge in [-0.05, 0) is 20.8 Å². The lowest BCUT2D eigenvalue weighted by atomic mass is 10.2. The van der Waals surface area contributed by atoms with E-state index in [4.69, 9.17) is 0 Å². The van der Waals surface area contributed by atoms with Gasteiger partial charge in [0, 0.05) is 37.8 Å². The Morgan fingerprint density at radius 3 is 2.85 bits per heavy atom. The molecular formula is C13H19N5OS. The molecular weight excluding hydrogens is 274 g/mol. The van der Waals surface area contributed by atoms with Crippen LogP contribution in [0.3, 0.4) is 0 Å². The number of carbonyl (C=O) groups is 1. The number of amides is 1. The van der Waals surface area contributed by atoms with Gasteiger partial charge in [0.05, 0.1) is 0 Å². The van der Waals surface area contributed by atoms with Crippen LogP contribution in [0.5, 0.6) is 0 Å². The van der Waals surface area contributed by atoms with Gasteiger partial charge in [0.2, 0.25) is 5.91 Å². The van der Waals surface area contributed by atoms with Crippen molar-refractivity contribution in [2.45, 2.75) is 39.7 Å². The average molecular weight is 293 g/mol. The molecule has 0 saturated heterocycles. The summed E-state index contributed by atoms with van der Waals surface area (Å²) in [5.41, 5.74) is 0. The molecule has 2 aromatic rings. The molecule has 2 aromatic heterocycles. The summed E-state index contributed by atoms with van der Waals surface area (Å²) in [6, 6.07) is 0.112. The Labute approximate surface area is 122 Å². The Morgan fingerprint density at radius 2 is 2.25 bits per heavy atom. The zero-order valence-corrected chi connectivity index (χ0v) is 12.8. The van der Waals surface area contributed by atoms with Crippen molar-refractivity contribution in [3.63, 3.8) is 0 Å². The van der Waals surface area contributed by atoms with Gasteiger partial charge in [0.15, 0.2) is 0 Å². The number of aryl methyl sites for hydroxylation is 2. The van der Waals surface area contributed by atoms with E-state index < -0.39 is 0 Å². The van der Waals surface area contributed by atoms with E-state index >= 15 is 0 Å². The van der Waals surface area contributed by atoms with Gasteiger partial charge in [-0.25, -0.2) is 4.98 Å². The minimum Gasteiger partial charge on any atom is -0.356 e. The van der Waals surface area contributed by atoms with Gasteiger partial charge >= 0.3 is 0 Å². The van der Waals surface area contributed by atoms with Gasteiger partial charge < -0.3 is 9.88 Å². The fourth-order valence-electron chi connectivity index (χ4n) is 2.04. The summed E-state index contributed by atoms with van der Waals surface area (Å²) < 4.78 is 2.01. The van der Waals surface area contributed by atoms with Crippen molar-refractivity contribution in [1.82, 2.24) is 25.1 Å². The molecule has 0 unspecified atom stereocenters.